The smallest absolute Gasteiger partial charge is 0.0621 e. The third-order valence-electron chi connectivity index (χ3n) is 16.7. The minimum Gasteiger partial charge on any atom is -0.374 e. The van der Waals surface area contributed by atoms with Gasteiger partial charge in [0.2, 0.25) is 0 Å². The molecule has 0 aromatic carbocycles. The van der Waals surface area contributed by atoms with Gasteiger partial charge in [0.25, 0.3) is 0 Å². The van der Waals surface area contributed by atoms with Crippen molar-refractivity contribution in [3.8, 4) is 0 Å². The highest BCUT2D eigenvalue weighted by Gasteiger charge is 2.60. The molecule has 9 aliphatic rings. The molecule has 0 aromatic rings. The van der Waals surface area contributed by atoms with E-state index in [1.165, 1.54) is 116 Å². The Morgan fingerprint density at radius 3 is 1.56 bits per heavy atom. The van der Waals surface area contributed by atoms with Gasteiger partial charge in [0.05, 0.1) is 12.2 Å². The van der Waals surface area contributed by atoms with Crippen LogP contribution in [0.1, 0.15) is 173 Å². The van der Waals surface area contributed by atoms with Gasteiger partial charge in [-0.05, 0) is 131 Å². The van der Waals surface area contributed by atoms with Crippen LogP contribution in [-0.4, -0.2) is 45.7 Å². The Kier molecular flexibility index (Phi) is 9.65. The van der Waals surface area contributed by atoms with Crippen molar-refractivity contribution in [1.82, 2.24) is 4.90 Å². The Balaban J connectivity index is 0.941. The van der Waals surface area contributed by atoms with Crippen molar-refractivity contribution in [2.75, 3.05) is 0 Å². The third kappa shape index (κ3) is 6.06. The summed E-state index contributed by atoms with van der Waals surface area (Å²) in [5, 5.41) is 1.86. The van der Waals surface area contributed by atoms with Crippen LogP contribution in [0.15, 0.2) is 0 Å². The van der Waals surface area contributed by atoms with Crippen molar-refractivity contribution in [2.45, 2.75) is 214 Å². The SMILES string of the molecule is C1CCC(C2CCC(N(C3CCC(C4CCCCC4)CC3)C3CCCC4C5CCC6OC7CCCCC7C6C5SC43)CC2)CC1. The molecule has 0 spiro atoms. The first kappa shape index (κ1) is 31.3. The van der Waals surface area contributed by atoms with E-state index in [-0.39, 0.29) is 0 Å². The predicted molar refractivity (Wildman–Crippen MR) is 190 cm³/mol. The van der Waals surface area contributed by atoms with Crippen LogP contribution in [0, 0.1) is 47.3 Å². The zero-order chi connectivity index (χ0) is 29.7. The van der Waals surface area contributed by atoms with Gasteiger partial charge in [-0.1, -0.05) is 83.5 Å². The molecule has 9 rings (SSSR count). The zero-order valence-electron chi connectivity index (χ0n) is 29.0. The van der Waals surface area contributed by atoms with Crippen molar-refractivity contribution in [2.24, 2.45) is 47.3 Å². The maximum atomic E-state index is 6.89. The van der Waals surface area contributed by atoms with Gasteiger partial charge in [-0.3, -0.25) is 4.90 Å². The molecular weight excluding hydrogens is 567 g/mol. The van der Waals surface area contributed by atoms with E-state index in [2.05, 4.69) is 16.7 Å². The number of rotatable bonds is 5. The molecule has 0 radical (unpaired) electrons. The molecule has 0 aromatic heterocycles. The fraction of sp³-hybridized carbons (Fsp3) is 1.00. The predicted octanol–water partition coefficient (Wildman–Crippen LogP) is 11.2. The van der Waals surface area contributed by atoms with E-state index in [9.17, 15) is 0 Å². The average molecular weight is 636 g/mol. The fourth-order valence-electron chi connectivity index (χ4n) is 14.6. The lowest BCUT2D eigenvalue weighted by Gasteiger charge is -2.52. The summed E-state index contributed by atoms with van der Waals surface area (Å²) in [5.74, 6) is 8.13. The topological polar surface area (TPSA) is 12.5 Å². The van der Waals surface area contributed by atoms with Crippen molar-refractivity contribution in [3.05, 3.63) is 0 Å². The molecule has 9 fully saturated rings. The first-order valence-corrected chi connectivity index (χ1v) is 22.3. The van der Waals surface area contributed by atoms with E-state index in [4.69, 9.17) is 4.74 Å². The highest BCUT2D eigenvalue weighted by Crippen LogP contribution is 2.62. The maximum absolute atomic E-state index is 6.89. The van der Waals surface area contributed by atoms with Crippen LogP contribution in [0.5, 0.6) is 0 Å². The lowest BCUT2D eigenvalue weighted by atomic mass is 9.64. The second-order valence-corrected chi connectivity index (χ2v) is 19.9. The van der Waals surface area contributed by atoms with Crippen LogP contribution >= 0.6 is 11.8 Å². The van der Waals surface area contributed by atoms with E-state index < -0.39 is 0 Å². The molecule has 7 aliphatic carbocycles. The Hall–Kier alpha value is 0.270. The minimum absolute atomic E-state index is 0.617. The fourth-order valence-corrected chi connectivity index (χ4v) is 17.1. The highest BCUT2D eigenvalue weighted by molar-refractivity contribution is 8.00. The number of fused-ring (bicyclic) bond motifs is 7. The van der Waals surface area contributed by atoms with Gasteiger partial charge in [-0.15, -0.1) is 0 Å². The first-order valence-electron chi connectivity index (χ1n) is 21.4. The van der Waals surface area contributed by atoms with Crippen LogP contribution in [0.4, 0.5) is 0 Å². The number of ether oxygens (including phenoxy) is 1. The first-order chi connectivity index (χ1) is 22.3. The molecule has 9 atom stereocenters. The van der Waals surface area contributed by atoms with E-state index in [0.29, 0.717) is 12.2 Å². The summed E-state index contributed by atoms with van der Waals surface area (Å²) in [7, 11) is 0. The quantitative estimate of drug-likeness (QED) is 0.298. The molecule has 9 unspecified atom stereocenters. The second kappa shape index (κ2) is 13.9. The summed E-state index contributed by atoms with van der Waals surface area (Å²) >= 11 is 2.60. The monoisotopic (exact) mass is 636 g/mol. The summed E-state index contributed by atoms with van der Waals surface area (Å²) in [5.41, 5.74) is 0. The largest absolute Gasteiger partial charge is 0.374 e. The van der Waals surface area contributed by atoms with Crippen molar-refractivity contribution in [3.63, 3.8) is 0 Å². The van der Waals surface area contributed by atoms with Crippen LogP contribution in [0.25, 0.3) is 0 Å². The summed E-state index contributed by atoms with van der Waals surface area (Å²) in [6.45, 7) is 0. The van der Waals surface area contributed by atoms with Crippen LogP contribution in [0.2, 0.25) is 0 Å². The molecule has 3 heteroatoms. The van der Waals surface area contributed by atoms with Gasteiger partial charge in [0.1, 0.15) is 0 Å². The molecule has 7 saturated carbocycles. The normalized spacial score (nSPS) is 49.7. The van der Waals surface area contributed by atoms with Crippen molar-refractivity contribution < 1.29 is 4.74 Å². The zero-order valence-corrected chi connectivity index (χ0v) is 29.8. The van der Waals surface area contributed by atoms with Gasteiger partial charge in [-0.25, -0.2) is 0 Å². The number of nitrogens with zero attached hydrogens (tertiary/aromatic N) is 1. The van der Waals surface area contributed by atoms with Crippen LogP contribution in [-0.2, 0) is 4.74 Å². The lowest BCUT2D eigenvalue weighted by Crippen LogP contribution is -2.57. The van der Waals surface area contributed by atoms with Crippen LogP contribution in [0.3, 0.4) is 0 Å². The van der Waals surface area contributed by atoms with Crippen molar-refractivity contribution in [1.29, 1.82) is 0 Å². The van der Waals surface area contributed by atoms with Gasteiger partial charge in [-0.2, -0.15) is 11.8 Å². The minimum atomic E-state index is 0.617. The molecule has 0 bridgehead atoms. The highest BCUT2D eigenvalue weighted by atomic mass is 32.2. The third-order valence-corrected chi connectivity index (χ3v) is 18.6. The number of thioether (sulfide) groups is 1. The summed E-state index contributed by atoms with van der Waals surface area (Å²) < 4.78 is 6.89. The van der Waals surface area contributed by atoms with E-state index in [1.54, 1.807) is 57.8 Å². The standard InChI is InChI=1S/C42H69NOS/c1-3-10-28(11-4-1)30-18-22-32(23-19-30)43(33-24-20-31(21-25-33)29-12-5-2-6-13-29)37-16-9-15-34-35-26-27-39-40(42(35)45-41(34)37)36-14-7-8-17-38(36)44-39/h28-42H,1-27H2. The molecular formula is C42H69NOS. The molecule has 2 saturated heterocycles. The Morgan fingerprint density at radius 2 is 0.911 bits per heavy atom. The van der Waals surface area contributed by atoms with E-state index in [1.807, 2.05) is 0 Å². The maximum Gasteiger partial charge on any atom is 0.0621 e. The molecule has 45 heavy (non-hydrogen) atoms. The summed E-state index contributed by atoms with van der Waals surface area (Å²) in [6.07, 6.45) is 42.3. The van der Waals surface area contributed by atoms with E-state index >= 15 is 0 Å². The van der Waals surface area contributed by atoms with Gasteiger partial charge < -0.3 is 4.74 Å². The molecule has 0 amide bonds. The van der Waals surface area contributed by atoms with E-state index in [0.717, 1.165) is 76.0 Å². The Bertz CT molecular complexity index is 920. The Morgan fingerprint density at radius 1 is 0.378 bits per heavy atom. The summed E-state index contributed by atoms with van der Waals surface area (Å²) in [4.78, 5) is 3.39. The lowest BCUT2D eigenvalue weighted by molar-refractivity contribution is -0.0165. The summed E-state index contributed by atoms with van der Waals surface area (Å²) in [6, 6.07) is 2.69. The number of hydrogen-bond donors (Lipinski definition) is 0. The van der Waals surface area contributed by atoms with Crippen molar-refractivity contribution >= 4 is 11.8 Å². The molecule has 0 N–H and O–H groups in total. The Labute approximate surface area is 282 Å². The second-order valence-electron chi connectivity index (χ2n) is 18.6. The van der Waals surface area contributed by atoms with Crippen LogP contribution < -0.4 is 0 Å². The number of hydrogen-bond acceptors (Lipinski definition) is 3. The molecule has 2 nitrogen and oxygen atoms in total. The molecule has 254 valence electrons. The van der Waals surface area contributed by atoms with Gasteiger partial charge >= 0.3 is 0 Å². The van der Waals surface area contributed by atoms with Gasteiger partial charge in [0.15, 0.2) is 0 Å². The molecule has 2 heterocycles. The average Bonchev–Trinajstić information content (AvgIpc) is 3.69. The van der Waals surface area contributed by atoms with Gasteiger partial charge in [0, 0.05) is 34.5 Å². The molecule has 2 aliphatic heterocycles.